The van der Waals surface area contributed by atoms with Crippen LogP contribution in [0.1, 0.15) is 26.3 Å². The minimum Gasteiger partial charge on any atom is -0.496 e. The van der Waals surface area contributed by atoms with E-state index in [4.69, 9.17) is 10.5 Å². The van der Waals surface area contributed by atoms with Gasteiger partial charge >= 0.3 is 0 Å². The topological polar surface area (TPSA) is 47.3 Å². The normalized spacial score (nSPS) is 13.6. The van der Waals surface area contributed by atoms with Crippen molar-refractivity contribution in [3.63, 3.8) is 0 Å². The number of para-hydroxylation sites is 1. The van der Waals surface area contributed by atoms with E-state index in [9.17, 15) is 0 Å². The zero-order valence-corrected chi connectivity index (χ0v) is 10.6. The molecule has 0 radical (unpaired) electrons. The Kier molecular flexibility index (Phi) is 4.33. The molecule has 90 valence electrons. The molecule has 0 amide bonds. The Morgan fingerprint density at radius 1 is 1.38 bits per heavy atom. The van der Waals surface area contributed by atoms with Crippen LogP contribution in [0.4, 0.5) is 0 Å². The summed E-state index contributed by atoms with van der Waals surface area (Å²) in [6.45, 7) is 7.04. The Morgan fingerprint density at radius 2 is 2.00 bits per heavy atom. The monoisotopic (exact) mass is 222 g/mol. The highest BCUT2D eigenvalue weighted by atomic mass is 16.5. The first-order valence-corrected chi connectivity index (χ1v) is 5.61. The van der Waals surface area contributed by atoms with Gasteiger partial charge in [-0.25, -0.2) is 0 Å². The highest BCUT2D eigenvalue weighted by Crippen LogP contribution is 2.28. The minimum atomic E-state index is -0.139. The van der Waals surface area contributed by atoms with Crippen LogP contribution in [0.3, 0.4) is 0 Å². The highest BCUT2D eigenvalue weighted by molar-refractivity contribution is 5.38. The maximum Gasteiger partial charge on any atom is 0.123 e. The van der Waals surface area contributed by atoms with Gasteiger partial charge in [0.05, 0.1) is 7.11 Å². The molecule has 0 fully saturated rings. The van der Waals surface area contributed by atoms with Crippen LogP contribution in [0.5, 0.6) is 5.75 Å². The van der Waals surface area contributed by atoms with Gasteiger partial charge in [0, 0.05) is 23.7 Å². The predicted octanol–water partition coefficient (Wildman–Crippen LogP) is 1.87. The molecule has 3 N–H and O–H groups in total. The van der Waals surface area contributed by atoms with Crippen molar-refractivity contribution in [2.75, 3.05) is 13.7 Å². The molecule has 0 aliphatic heterocycles. The molecule has 3 nitrogen and oxygen atoms in total. The molecule has 1 rings (SSSR count). The van der Waals surface area contributed by atoms with Crippen molar-refractivity contribution in [2.24, 2.45) is 5.73 Å². The third kappa shape index (κ3) is 3.22. The first-order valence-electron chi connectivity index (χ1n) is 5.61. The summed E-state index contributed by atoms with van der Waals surface area (Å²) in [4.78, 5) is 0. The Morgan fingerprint density at radius 3 is 2.56 bits per heavy atom. The second kappa shape index (κ2) is 5.32. The summed E-state index contributed by atoms with van der Waals surface area (Å²) < 4.78 is 5.37. The summed E-state index contributed by atoms with van der Waals surface area (Å²) in [6.07, 6.45) is 0. The maximum absolute atomic E-state index is 5.75. The average Bonchev–Trinajstić information content (AvgIpc) is 2.26. The Labute approximate surface area is 98.0 Å². The zero-order chi connectivity index (χ0) is 12.2. The van der Waals surface area contributed by atoms with Gasteiger partial charge in [0.15, 0.2) is 0 Å². The third-order valence-corrected chi connectivity index (χ3v) is 2.65. The fraction of sp³-hybridized carbons (Fsp3) is 0.538. The first-order chi connectivity index (χ1) is 7.47. The van der Waals surface area contributed by atoms with E-state index in [-0.39, 0.29) is 11.6 Å². The lowest BCUT2D eigenvalue weighted by molar-refractivity contribution is 0.354. The number of hydrogen-bond acceptors (Lipinski definition) is 3. The second-order valence-electron chi connectivity index (χ2n) is 4.68. The Hall–Kier alpha value is -1.06. The number of ether oxygens (including phenoxy) is 1. The predicted molar refractivity (Wildman–Crippen MR) is 67.7 cm³/mol. The van der Waals surface area contributed by atoms with E-state index in [0.717, 1.165) is 17.9 Å². The molecule has 0 bridgehead atoms. The van der Waals surface area contributed by atoms with Crippen LogP contribution < -0.4 is 15.8 Å². The zero-order valence-electron chi connectivity index (χ0n) is 10.6. The molecular weight excluding hydrogens is 200 g/mol. The van der Waals surface area contributed by atoms with E-state index in [1.165, 1.54) is 0 Å². The molecule has 16 heavy (non-hydrogen) atoms. The van der Waals surface area contributed by atoms with Crippen molar-refractivity contribution < 1.29 is 4.74 Å². The van der Waals surface area contributed by atoms with Gasteiger partial charge in [0.1, 0.15) is 5.75 Å². The van der Waals surface area contributed by atoms with E-state index in [0.29, 0.717) is 0 Å². The van der Waals surface area contributed by atoms with Crippen LogP contribution in [0, 0.1) is 0 Å². The van der Waals surface area contributed by atoms with Crippen molar-refractivity contribution in [1.29, 1.82) is 0 Å². The van der Waals surface area contributed by atoms with Gasteiger partial charge in [-0.2, -0.15) is 0 Å². The second-order valence-corrected chi connectivity index (χ2v) is 4.68. The van der Waals surface area contributed by atoms with Crippen LogP contribution in [-0.2, 0) is 5.54 Å². The van der Waals surface area contributed by atoms with E-state index in [1.54, 1.807) is 7.11 Å². The molecule has 0 saturated carbocycles. The van der Waals surface area contributed by atoms with Gasteiger partial charge in [0.2, 0.25) is 0 Å². The molecular formula is C13H22N2O. The summed E-state index contributed by atoms with van der Waals surface area (Å²) in [6, 6.07) is 8.20. The highest BCUT2D eigenvalue weighted by Gasteiger charge is 2.23. The van der Waals surface area contributed by atoms with Crippen molar-refractivity contribution in [3.8, 4) is 5.75 Å². The molecule has 0 aliphatic carbocycles. The van der Waals surface area contributed by atoms with Gasteiger partial charge in [-0.15, -0.1) is 0 Å². The summed E-state index contributed by atoms with van der Waals surface area (Å²) >= 11 is 0. The molecule has 0 spiro atoms. The van der Waals surface area contributed by atoms with Crippen LogP contribution in [0.2, 0.25) is 0 Å². The fourth-order valence-electron chi connectivity index (χ4n) is 1.67. The molecule has 0 aliphatic rings. The summed E-state index contributed by atoms with van der Waals surface area (Å²) in [5.41, 5.74) is 6.77. The van der Waals surface area contributed by atoms with E-state index in [2.05, 4.69) is 25.2 Å². The van der Waals surface area contributed by atoms with E-state index >= 15 is 0 Å². The van der Waals surface area contributed by atoms with Crippen LogP contribution >= 0.6 is 0 Å². The lowest BCUT2D eigenvalue weighted by Gasteiger charge is -2.29. The van der Waals surface area contributed by atoms with Gasteiger partial charge in [-0.3, -0.25) is 0 Å². The SMILES string of the molecule is COc1ccccc1C(C)(C)NC[C@H](C)N. The molecule has 0 unspecified atom stereocenters. The number of methoxy groups -OCH3 is 1. The molecule has 0 aromatic heterocycles. The standard InChI is InChI=1S/C13H22N2O/c1-10(14)9-15-13(2,3)11-7-5-6-8-12(11)16-4/h5-8,10,15H,9,14H2,1-4H3/t10-/m0/s1. The average molecular weight is 222 g/mol. The van der Waals surface area contributed by atoms with Crippen molar-refractivity contribution in [2.45, 2.75) is 32.4 Å². The Bertz CT molecular complexity index is 334. The van der Waals surface area contributed by atoms with Crippen molar-refractivity contribution in [1.82, 2.24) is 5.32 Å². The summed E-state index contributed by atoms with van der Waals surface area (Å²) in [7, 11) is 1.69. The Balaban J connectivity index is 2.88. The number of nitrogens with one attached hydrogen (secondary N) is 1. The minimum absolute atomic E-state index is 0.139. The molecule has 3 heteroatoms. The first kappa shape index (κ1) is 13.0. The van der Waals surface area contributed by atoms with Crippen molar-refractivity contribution >= 4 is 0 Å². The number of benzene rings is 1. The molecule has 1 aromatic carbocycles. The third-order valence-electron chi connectivity index (χ3n) is 2.65. The quantitative estimate of drug-likeness (QED) is 0.799. The lowest BCUT2D eigenvalue weighted by atomic mass is 9.93. The van der Waals surface area contributed by atoms with Gasteiger partial charge < -0.3 is 15.8 Å². The lowest BCUT2D eigenvalue weighted by Crippen LogP contribution is -2.43. The summed E-state index contributed by atoms with van der Waals surface area (Å²) in [5.74, 6) is 0.907. The van der Waals surface area contributed by atoms with Crippen LogP contribution in [0.25, 0.3) is 0 Å². The van der Waals surface area contributed by atoms with Gasteiger partial charge in [-0.1, -0.05) is 18.2 Å². The maximum atomic E-state index is 5.75. The number of nitrogens with two attached hydrogens (primary N) is 1. The van der Waals surface area contributed by atoms with Gasteiger partial charge in [-0.05, 0) is 26.8 Å². The summed E-state index contributed by atoms with van der Waals surface area (Å²) in [5, 5.41) is 3.44. The van der Waals surface area contributed by atoms with Crippen molar-refractivity contribution in [3.05, 3.63) is 29.8 Å². The van der Waals surface area contributed by atoms with E-state index < -0.39 is 0 Å². The number of rotatable bonds is 5. The van der Waals surface area contributed by atoms with E-state index in [1.807, 2.05) is 25.1 Å². The molecule has 1 atom stereocenters. The largest absolute Gasteiger partial charge is 0.496 e. The van der Waals surface area contributed by atoms with Crippen LogP contribution in [0.15, 0.2) is 24.3 Å². The molecule has 0 heterocycles. The smallest absolute Gasteiger partial charge is 0.123 e. The molecule has 0 saturated heterocycles. The molecule has 1 aromatic rings. The van der Waals surface area contributed by atoms with Gasteiger partial charge in [0.25, 0.3) is 0 Å². The fourth-order valence-corrected chi connectivity index (χ4v) is 1.67. The number of hydrogen-bond donors (Lipinski definition) is 2. The van der Waals surface area contributed by atoms with Crippen LogP contribution in [-0.4, -0.2) is 19.7 Å².